The van der Waals surface area contributed by atoms with Crippen LogP contribution in [0.15, 0.2) is 28.7 Å². The van der Waals surface area contributed by atoms with Gasteiger partial charge in [-0.15, -0.1) is 0 Å². The van der Waals surface area contributed by atoms with Crippen molar-refractivity contribution in [3.63, 3.8) is 0 Å². The highest BCUT2D eigenvalue weighted by Gasteiger charge is 1.91. The summed E-state index contributed by atoms with van der Waals surface area (Å²) in [5.74, 6) is 0. The number of hydrogen-bond acceptors (Lipinski definition) is 2. The molecule has 0 aliphatic heterocycles. The second-order valence-electron chi connectivity index (χ2n) is 2.38. The van der Waals surface area contributed by atoms with Crippen molar-refractivity contribution in [2.24, 2.45) is 0 Å². The summed E-state index contributed by atoms with van der Waals surface area (Å²) in [4.78, 5) is 5.01. The second kappa shape index (κ2) is 5.30. The third-order valence-corrected chi connectivity index (χ3v) is 1.96. The minimum Gasteiger partial charge on any atom is -0.302 e. The first-order chi connectivity index (χ1) is 5.83. The zero-order valence-electron chi connectivity index (χ0n) is 7.01. The summed E-state index contributed by atoms with van der Waals surface area (Å²) in [6.07, 6.45) is 0. The van der Waals surface area contributed by atoms with E-state index >= 15 is 0 Å². The van der Waals surface area contributed by atoms with E-state index in [4.69, 9.17) is 4.84 Å². The van der Waals surface area contributed by atoms with Gasteiger partial charge in [0.15, 0.2) is 0 Å². The molecule has 1 N–H and O–H groups in total. The maximum atomic E-state index is 5.01. The van der Waals surface area contributed by atoms with Gasteiger partial charge in [0.1, 0.15) is 0 Å². The number of hydrogen-bond donors (Lipinski definition) is 1. The first-order valence-corrected chi connectivity index (χ1v) is 4.71. The number of nitrogens with one attached hydrogen (secondary N) is 1. The first kappa shape index (κ1) is 9.71. The average molecular weight is 230 g/mol. The van der Waals surface area contributed by atoms with Crippen molar-refractivity contribution >= 4 is 15.9 Å². The topological polar surface area (TPSA) is 21.3 Å². The highest BCUT2D eigenvalue weighted by Crippen LogP contribution is 2.09. The highest BCUT2D eigenvalue weighted by atomic mass is 79.9. The van der Waals surface area contributed by atoms with Gasteiger partial charge in [0.05, 0.1) is 6.61 Å². The van der Waals surface area contributed by atoms with Crippen LogP contribution < -0.4 is 5.48 Å². The van der Waals surface area contributed by atoms with E-state index in [9.17, 15) is 0 Å². The van der Waals surface area contributed by atoms with Crippen molar-refractivity contribution in [1.82, 2.24) is 5.48 Å². The van der Waals surface area contributed by atoms with Crippen molar-refractivity contribution in [2.45, 2.75) is 13.5 Å². The summed E-state index contributed by atoms with van der Waals surface area (Å²) in [5, 5.41) is 0. The van der Waals surface area contributed by atoms with E-state index in [1.165, 1.54) is 5.56 Å². The summed E-state index contributed by atoms with van der Waals surface area (Å²) in [5.41, 5.74) is 4.07. The molecular weight excluding hydrogens is 218 g/mol. The van der Waals surface area contributed by atoms with Crippen LogP contribution in [0.2, 0.25) is 0 Å². The van der Waals surface area contributed by atoms with Crippen LogP contribution in [-0.2, 0) is 11.4 Å². The molecule has 0 saturated carbocycles. The minimum atomic E-state index is 0.691. The lowest BCUT2D eigenvalue weighted by atomic mass is 10.2. The molecule has 0 aliphatic rings. The summed E-state index contributed by atoms with van der Waals surface area (Å²) in [6.45, 7) is 3.40. The van der Waals surface area contributed by atoms with E-state index in [2.05, 4.69) is 33.5 Å². The molecule has 0 radical (unpaired) electrons. The van der Waals surface area contributed by atoms with Crippen molar-refractivity contribution in [2.75, 3.05) is 6.61 Å². The predicted molar refractivity (Wildman–Crippen MR) is 52.6 cm³/mol. The molecule has 0 aliphatic carbocycles. The monoisotopic (exact) mass is 229 g/mol. The van der Waals surface area contributed by atoms with E-state index in [-0.39, 0.29) is 0 Å². The maximum Gasteiger partial charge on any atom is 0.0654 e. The van der Waals surface area contributed by atoms with Gasteiger partial charge in [-0.2, -0.15) is 5.48 Å². The third-order valence-electron chi connectivity index (χ3n) is 1.44. The van der Waals surface area contributed by atoms with Gasteiger partial charge < -0.3 is 4.84 Å². The Bertz CT molecular complexity index is 222. The zero-order valence-corrected chi connectivity index (χ0v) is 8.60. The van der Waals surface area contributed by atoms with Crippen molar-refractivity contribution in [1.29, 1.82) is 0 Å². The van der Waals surface area contributed by atoms with Crippen molar-refractivity contribution < 1.29 is 4.84 Å². The van der Waals surface area contributed by atoms with Crippen LogP contribution in [0.4, 0.5) is 0 Å². The van der Waals surface area contributed by atoms with Crippen LogP contribution in [0.1, 0.15) is 12.5 Å². The molecule has 0 spiro atoms. The van der Waals surface area contributed by atoms with Crippen LogP contribution in [0.3, 0.4) is 0 Å². The van der Waals surface area contributed by atoms with Gasteiger partial charge in [-0.3, -0.25) is 0 Å². The van der Waals surface area contributed by atoms with E-state index in [1.807, 2.05) is 19.1 Å². The fourth-order valence-electron chi connectivity index (χ4n) is 0.839. The van der Waals surface area contributed by atoms with Crippen molar-refractivity contribution in [3.05, 3.63) is 34.3 Å². The van der Waals surface area contributed by atoms with E-state index < -0.39 is 0 Å². The molecule has 0 amide bonds. The molecule has 66 valence electrons. The molecule has 0 saturated heterocycles. The van der Waals surface area contributed by atoms with Gasteiger partial charge in [-0.05, 0) is 24.6 Å². The molecule has 0 unspecified atom stereocenters. The molecule has 0 heterocycles. The zero-order chi connectivity index (χ0) is 8.81. The molecule has 3 heteroatoms. The molecule has 0 bridgehead atoms. The largest absolute Gasteiger partial charge is 0.302 e. The third kappa shape index (κ3) is 3.34. The molecule has 1 aromatic rings. The van der Waals surface area contributed by atoms with Crippen LogP contribution in [0.5, 0.6) is 0 Å². The van der Waals surface area contributed by atoms with Crippen LogP contribution in [0.25, 0.3) is 0 Å². The van der Waals surface area contributed by atoms with E-state index in [0.717, 1.165) is 11.0 Å². The van der Waals surface area contributed by atoms with Gasteiger partial charge in [0.2, 0.25) is 0 Å². The fourth-order valence-corrected chi connectivity index (χ4v) is 1.10. The fraction of sp³-hybridized carbons (Fsp3) is 0.333. The number of hydroxylamine groups is 1. The molecular formula is C9H12BrNO. The lowest BCUT2D eigenvalue weighted by Gasteiger charge is -2.03. The van der Waals surface area contributed by atoms with Gasteiger partial charge in [-0.1, -0.05) is 28.1 Å². The highest BCUT2D eigenvalue weighted by molar-refractivity contribution is 9.10. The van der Waals surface area contributed by atoms with Gasteiger partial charge in [0.25, 0.3) is 0 Å². The Labute approximate surface area is 81.0 Å². The predicted octanol–water partition coefficient (Wildman–Crippen LogP) is 2.49. The molecule has 1 aromatic carbocycles. The first-order valence-electron chi connectivity index (χ1n) is 3.92. The lowest BCUT2D eigenvalue weighted by molar-refractivity contribution is 0.0463. The smallest absolute Gasteiger partial charge is 0.0654 e. The standard InChI is InChI=1S/C9H12BrNO/c1-2-12-11-7-8-3-5-9(10)6-4-8/h3-6,11H,2,7H2,1H3. The van der Waals surface area contributed by atoms with Crippen molar-refractivity contribution in [3.8, 4) is 0 Å². The summed E-state index contributed by atoms with van der Waals surface area (Å²) < 4.78 is 1.10. The SMILES string of the molecule is CCONCc1ccc(Br)cc1. The average Bonchev–Trinajstić information content (AvgIpc) is 2.09. The second-order valence-corrected chi connectivity index (χ2v) is 3.30. The Morgan fingerprint density at radius 3 is 2.58 bits per heavy atom. The molecule has 1 rings (SSSR count). The Morgan fingerprint density at radius 1 is 1.33 bits per heavy atom. The van der Waals surface area contributed by atoms with Gasteiger partial charge in [-0.25, -0.2) is 0 Å². The molecule has 0 aromatic heterocycles. The Kier molecular flexibility index (Phi) is 4.29. The Hall–Kier alpha value is -0.380. The van der Waals surface area contributed by atoms with E-state index in [0.29, 0.717) is 6.61 Å². The number of halogens is 1. The lowest BCUT2D eigenvalue weighted by Crippen LogP contribution is -2.13. The van der Waals surface area contributed by atoms with Crippen LogP contribution in [0, 0.1) is 0 Å². The Balaban J connectivity index is 2.37. The summed E-state index contributed by atoms with van der Waals surface area (Å²) >= 11 is 3.38. The van der Waals surface area contributed by atoms with Crippen LogP contribution in [-0.4, -0.2) is 6.61 Å². The van der Waals surface area contributed by atoms with Gasteiger partial charge in [0, 0.05) is 11.0 Å². The summed E-state index contributed by atoms with van der Waals surface area (Å²) in [7, 11) is 0. The normalized spacial score (nSPS) is 10.2. The molecule has 12 heavy (non-hydrogen) atoms. The maximum absolute atomic E-state index is 5.01. The summed E-state index contributed by atoms with van der Waals surface area (Å²) in [6, 6.07) is 8.14. The molecule has 0 atom stereocenters. The minimum absolute atomic E-state index is 0.691. The van der Waals surface area contributed by atoms with E-state index in [1.54, 1.807) is 0 Å². The number of benzene rings is 1. The Morgan fingerprint density at radius 2 is 2.00 bits per heavy atom. The quantitative estimate of drug-likeness (QED) is 0.633. The molecule has 2 nitrogen and oxygen atoms in total. The van der Waals surface area contributed by atoms with Gasteiger partial charge >= 0.3 is 0 Å². The number of rotatable bonds is 4. The van der Waals surface area contributed by atoms with Crippen LogP contribution >= 0.6 is 15.9 Å². The molecule has 0 fully saturated rings.